The van der Waals surface area contributed by atoms with E-state index >= 15 is 0 Å². The number of carboxylic acid groups (broad SMARTS) is 1. The van der Waals surface area contributed by atoms with Gasteiger partial charge in [-0.2, -0.15) is 4.31 Å². The van der Waals surface area contributed by atoms with Crippen LogP contribution in [0.4, 0.5) is 0 Å². The molecule has 0 aliphatic carbocycles. The van der Waals surface area contributed by atoms with Gasteiger partial charge in [0.05, 0.1) is 4.90 Å². The van der Waals surface area contributed by atoms with Crippen LogP contribution in [0.25, 0.3) is 0 Å². The highest BCUT2D eigenvalue weighted by Crippen LogP contribution is 2.20. The molecule has 0 aliphatic heterocycles. The number of benzene rings is 1. The Balaban J connectivity index is 3.16. The molecule has 0 atom stereocenters. The van der Waals surface area contributed by atoms with Crippen molar-refractivity contribution in [3.05, 3.63) is 29.3 Å². The maximum Gasteiger partial charge on any atom is 0.318 e. The number of carbonyl (C=O) groups is 1. The van der Waals surface area contributed by atoms with Gasteiger partial charge >= 0.3 is 5.97 Å². The van der Waals surface area contributed by atoms with Crippen LogP contribution in [0, 0.1) is 0 Å². The minimum Gasteiger partial charge on any atom is -0.480 e. The molecule has 0 saturated heterocycles. The van der Waals surface area contributed by atoms with Gasteiger partial charge in [0.15, 0.2) is 0 Å². The zero-order valence-corrected chi connectivity index (χ0v) is 11.6. The Morgan fingerprint density at radius 3 is 2.22 bits per heavy atom. The lowest BCUT2D eigenvalue weighted by Gasteiger charge is -2.24. The maximum atomic E-state index is 12.2. The Labute approximate surface area is 111 Å². The van der Waals surface area contributed by atoms with E-state index in [9.17, 15) is 13.2 Å². The SMILES string of the molecule is CC(C)N(CC(=O)O)S(=O)(=O)c1ccc(Cl)cc1. The predicted molar refractivity (Wildman–Crippen MR) is 68.1 cm³/mol. The van der Waals surface area contributed by atoms with Crippen molar-refractivity contribution in [1.29, 1.82) is 0 Å². The summed E-state index contributed by atoms with van der Waals surface area (Å²) in [6.07, 6.45) is 0. The fraction of sp³-hybridized carbons (Fsp3) is 0.364. The molecule has 5 nitrogen and oxygen atoms in total. The summed E-state index contributed by atoms with van der Waals surface area (Å²) in [5.74, 6) is -1.19. The van der Waals surface area contributed by atoms with Crippen LogP contribution in [0.1, 0.15) is 13.8 Å². The molecule has 0 bridgehead atoms. The van der Waals surface area contributed by atoms with Gasteiger partial charge in [-0.1, -0.05) is 11.6 Å². The van der Waals surface area contributed by atoms with Gasteiger partial charge in [0.1, 0.15) is 6.54 Å². The maximum absolute atomic E-state index is 12.2. The number of sulfonamides is 1. The fourth-order valence-corrected chi connectivity index (χ4v) is 3.13. The van der Waals surface area contributed by atoms with Crippen LogP contribution < -0.4 is 0 Å². The highest BCUT2D eigenvalue weighted by Gasteiger charge is 2.28. The summed E-state index contributed by atoms with van der Waals surface area (Å²) < 4.78 is 25.4. The van der Waals surface area contributed by atoms with Gasteiger partial charge < -0.3 is 5.11 Å². The monoisotopic (exact) mass is 291 g/mol. The van der Waals surface area contributed by atoms with Crippen molar-refractivity contribution in [3.8, 4) is 0 Å². The second kappa shape index (κ2) is 5.69. The average Bonchev–Trinajstić information content (AvgIpc) is 2.25. The molecule has 0 spiro atoms. The van der Waals surface area contributed by atoms with E-state index in [0.717, 1.165) is 4.31 Å². The van der Waals surface area contributed by atoms with E-state index in [-0.39, 0.29) is 4.90 Å². The zero-order valence-electron chi connectivity index (χ0n) is 10.00. The van der Waals surface area contributed by atoms with E-state index in [1.807, 2.05) is 0 Å². The van der Waals surface area contributed by atoms with Gasteiger partial charge in [-0.25, -0.2) is 8.42 Å². The van der Waals surface area contributed by atoms with E-state index in [2.05, 4.69) is 0 Å². The molecular formula is C11H14ClNO4S. The van der Waals surface area contributed by atoms with Gasteiger partial charge in [0.2, 0.25) is 10.0 Å². The third kappa shape index (κ3) is 3.44. The Hall–Kier alpha value is -1.11. The third-order valence-electron chi connectivity index (χ3n) is 2.29. The van der Waals surface area contributed by atoms with E-state index in [1.165, 1.54) is 24.3 Å². The number of halogens is 1. The summed E-state index contributed by atoms with van der Waals surface area (Å²) in [4.78, 5) is 10.7. The quantitative estimate of drug-likeness (QED) is 0.898. The normalized spacial score (nSPS) is 12.1. The highest BCUT2D eigenvalue weighted by atomic mass is 35.5. The summed E-state index contributed by atoms with van der Waals surface area (Å²) in [7, 11) is -3.82. The molecule has 1 rings (SSSR count). The molecular weight excluding hydrogens is 278 g/mol. The third-order valence-corrected chi connectivity index (χ3v) is 4.58. The number of hydrogen-bond donors (Lipinski definition) is 1. The second-order valence-corrected chi connectivity index (χ2v) is 6.32. The largest absolute Gasteiger partial charge is 0.480 e. The summed E-state index contributed by atoms with van der Waals surface area (Å²) in [5, 5.41) is 9.18. The number of rotatable bonds is 5. The van der Waals surface area contributed by atoms with Crippen molar-refractivity contribution in [2.45, 2.75) is 24.8 Å². The Morgan fingerprint density at radius 2 is 1.83 bits per heavy atom. The lowest BCUT2D eigenvalue weighted by atomic mass is 10.4. The minimum atomic E-state index is -3.82. The van der Waals surface area contributed by atoms with E-state index in [4.69, 9.17) is 16.7 Å². The van der Waals surface area contributed by atoms with Crippen molar-refractivity contribution in [1.82, 2.24) is 4.31 Å². The molecule has 1 aromatic rings. The van der Waals surface area contributed by atoms with Gasteiger partial charge in [-0.05, 0) is 38.1 Å². The molecule has 0 saturated carbocycles. The van der Waals surface area contributed by atoms with Crippen LogP contribution >= 0.6 is 11.6 Å². The fourth-order valence-electron chi connectivity index (χ4n) is 1.42. The Bertz CT molecular complexity index is 524. The van der Waals surface area contributed by atoms with Gasteiger partial charge in [0, 0.05) is 11.1 Å². The van der Waals surface area contributed by atoms with E-state index in [0.29, 0.717) is 5.02 Å². The van der Waals surface area contributed by atoms with Crippen LogP contribution in [0.3, 0.4) is 0 Å². The van der Waals surface area contributed by atoms with Gasteiger partial charge in [-0.3, -0.25) is 4.79 Å². The first-order valence-corrected chi connectivity index (χ1v) is 7.06. The van der Waals surface area contributed by atoms with Crippen LogP contribution in [0.2, 0.25) is 5.02 Å². The van der Waals surface area contributed by atoms with Crippen LogP contribution in [-0.4, -0.2) is 36.4 Å². The summed E-state index contributed by atoms with van der Waals surface area (Å²) in [6.45, 7) is 2.68. The number of hydrogen-bond acceptors (Lipinski definition) is 3. The second-order valence-electron chi connectivity index (χ2n) is 3.99. The summed E-state index contributed by atoms with van der Waals surface area (Å²) in [5.41, 5.74) is 0. The van der Waals surface area contributed by atoms with Crippen LogP contribution in [-0.2, 0) is 14.8 Å². The van der Waals surface area contributed by atoms with Crippen LogP contribution in [0.5, 0.6) is 0 Å². The number of nitrogens with zero attached hydrogens (tertiary/aromatic N) is 1. The number of aliphatic carboxylic acids is 1. The first-order chi connectivity index (χ1) is 8.25. The summed E-state index contributed by atoms with van der Waals surface area (Å²) >= 11 is 5.69. The van der Waals surface area contributed by atoms with Crippen LogP contribution in [0.15, 0.2) is 29.2 Å². The topological polar surface area (TPSA) is 74.7 Å². The summed E-state index contributed by atoms with van der Waals surface area (Å²) in [6, 6.07) is 5.17. The Kier molecular flexibility index (Phi) is 4.72. The van der Waals surface area contributed by atoms with Crippen molar-refractivity contribution in [2.24, 2.45) is 0 Å². The molecule has 1 N–H and O–H groups in total. The van der Waals surface area contributed by atoms with Crippen molar-refractivity contribution in [3.63, 3.8) is 0 Å². The molecule has 0 amide bonds. The molecule has 18 heavy (non-hydrogen) atoms. The molecule has 0 fully saturated rings. The standard InChI is InChI=1S/C11H14ClNO4S/c1-8(2)13(7-11(14)15)18(16,17)10-5-3-9(12)4-6-10/h3-6,8H,7H2,1-2H3,(H,14,15). The molecule has 100 valence electrons. The van der Waals surface area contributed by atoms with E-state index < -0.39 is 28.6 Å². The molecule has 0 aromatic heterocycles. The smallest absolute Gasteiger partial charge is 0.318 e. The first kappa shape index (κ1) is 14.9. The van der Waals surface area contributed by atoms with Gasteiger partial charge in [0.25, 0.3) is 0 Å². The van der Waals surface area contributed by atoms with Crippen molar-refractivity contribution < 1.29 is 18.3 Å². The molecule has 7 heteroatoms. The lowest BCUT2D eigenvalue weighted by Crippen LogP contribution is -2.40. The van der Waals surface area contributed by atoms with Gasteiger partial charge in [-0.15, -0.1) is 0 Å². The zero-order chi connectivity index (χ0) is 13.9. The Morgan fingerprint density at radius 1 is 1.33 bits per heavy atom. The molecule has 0 unspecified atom stereocenters. The van der Waals surface area contributed by atoms with Crippen molar-refractivity contribution in [2.75, 3.05) is 6.54 Å². The average molecular weight is 292 g/mol. The van der Waals surface area contributed by atoms with Crippen molar-refractivity contribution >= 4 is 27.6 Å². The molecule has 0 radical (unpaired) electrons. The molecule has 1 aromatic carbocycles. The number of carboxylic acids is 1. The predicted octanol–water partition coefficient (Wildman–Crippen LogP) is 1.82. The first-order valence-electron chi connectivity index (χ1n) is 5.24. The minimum absolute atomic E-state index is 0.0295. The molecule has 0 aliphatic rings. The highest BCUT2D eigenvalue weighted by molar-refractivity contribution is 7.89. The molecule has 0 heterocycles. The van der Waals surface area contributed by atoms with E-state index in [1.54, 1.807) is 13.8 Å². The lowest BCUT2D eigenvalue weighted by molar-refractivity contribution is -0.137.